The van der Waals surface area contributed by atoms with Crippen LogP contribution in [0.15, 0.2) is 30.3 Å². The molecule has 0 fully saturated rings. The molecule has 0 aliphatic heterocycles. The van der Waals surface area contributed by atoms with Gasteiger partial charge in [0.2, 0.25) is 0 Å². The topological polar surface area (TPSA) is 17.8 Å². The molecule has 0 aliphatic carbocycles. The van der Waals surface area contributed by atoms with Gasteiger partial charge in [-0.1, -0.05) is 31.2 Å². The van der Waals surface area contributed by atoms with Gasteiger partial charge in [0.15, 0.2) is 0 Å². The highest BCUT2D eigenvalue weighted by atomic mass is 32.1. The van der Waals surface area contributed by atoms with E-state index in [2.05, 4.69) is 55.0 Å². The fourth-order valence-electron chi connectivity index (χ4n) is 1.79. The normalized spacial score (nSPS) is 10.7. The van der Waals surface area contributed by atoms with Crippen LogP contribution in [-0.4, -0.2) is 9.78 Å². The number of hydrogen-bond donors (Lipinski definition) is 1. The zero-order valence-corrected chi connectivity index (χ0v) is 10.5. The van der Waals surface area contributed by atoms with Crippen LogP contribution in [0.25, 0.3) is 11.3 Å². The lowest BCUT2D eigenvalue weighted by Crippen LogP contribution is -1.94. The highest BCUT2D eigenvalue weighted by molar-refractivity contribution is 7.79. The van der Waals surface area contributed by atoms with Crippen molar-refractivity contribution in [2.45, 2.75) is 19.1 Å². The Hall–Kier alpha value is -1.22. The Morgan fingerprint density at radius 1 is 1.25 bits per heavy atom. The fourth-order valence-corrected chi connectivity index (χ4v) is 1.94. The maximum atomic E-state index is 4.39. The lowest BCUT2D eigenvalue weighted by Gasteiger charge is -2.02. The Balaban J connectivity index is 2.38. The Bertz CT molecular complexity index is 471. The zero-order chi connectivity index (χ0) is 11.5. The largest absolute Gasteiger partial charge is 0.268 e. The summed E-state index contributed by atoms with van der Waals surface area (Å²) in [6.07, 6.45) is 1.08. The van der Waals surface area contributed by atoms with Crippen molar-refractivity contribution < 1.29 is 0 Å². The second-order valence-electron chi connectivity index (χ2n) is 3.85. The molecule has 84 valence electrons. The van der Waals surface area contributed by atoms with Gasteiger partial charge in [-0.25, -0.2) is 0 Å². The molecular formula is C13H16N2S. The van der Waals surface area contributed by atoms with Crippen LogP contribution in [0.4, 0.5) is 0 Å². The van der Waals surface area contributed by atoms with Gasteiger partial charge in [0.1, 0.15) is 0 Å². The van der Waals surface area contributed by atoms with Crippen molar-refractivity contribution in [3.8, 4) is 11.3 Å². The summed E-state index contributed by atoms with van der Waals surface area (Å²) in [4.78, 5) is 0. The molecule has 0 saturated carbocycles. The third kappa shape index (κ3) is 2.14. The highest BCUT2D eigenvalue weighted by Crippen LogP contribution is 2.21. The van der Waals surface area contributed by atoms with Gasteiger partial charge in [-0.2, -0.15) is 17.7 Å². The number of benzene rings is 1. The predicted molar refractivity (Wildman–Crippen MR) is 70.7 cm³/mol. The van der Waals surface area contributed by atoms with Gasteiger partial charge in [-0.05, 0) is 23.6 Å². The molecule has 1 aromatic heterocycles. The summed E-state index contributed by atoms with van der Waals surface area (Å²) < 4.78 is 1.91. The Morgan fingerprint density at radius 3 is 2.44 bits per heavy atom. The molecule has 2 aromatic rings. The van der Waals surface area contributed by atoms with Crippen molar-refractivity contribution in [2.75, 3.05) is 0 Å². The number of thiol groups is 1. The molecule has 0 bridgehead atoms. The minimum Gasteiger partial charge on any atom is -0.268 e. The number of aromatic nitrogens is 2. The summed E-state index contributed by atoms with van der Waals surface area (Å²) in [5.74, 6) is 0.681. The number of rotatable bonds is 3. The van der Waals surface area contributed by atoms with Gasteiger partial charge in [0, 0.05) is 12.8 Å². The SMILES string of the molecule is CCc1ccc(-c2cc(CS)nn2C)cc1. The van der Waals surface area contributed by atoms with Crippen molar-refractivity contribution in [3.63, 3.8) is 0 Å². The maximum Gasteiger partial charge on any atom is 0.0727 e. The van der Waals surface area contributed by atoms with Crippen molar-refractivity contribution >= 4 is 12.6 Å². The summed E-state index contributed by atoms with van der Waals surface area (Å²) >= 11 is 4.24. The monoisotopic (exact) mass is 232 g/mol. The summed E-state index contributed by atoms with van der Waals surface area (Å²) in [5.41, 5.74) is 4.73. The molecule has 1 heterocycles. The first-order valence-corrected chi connectivity index (χ1v) is 6.11. The minimum atomic E-state index is 0.681. The predicted octanol–water partition coefficient (Wildman–Crippen LogP) is 3.08. The average molecular weight is 232 g/mol. The standard InChI is InChI=1S/C13H16N2S/c1-3-10-4-6-11(7-5-10)13-8-12(9-16)14-15(13)2/h4-8,16H,3,9H2,1-2H3. The van der Waals surface area contributed by atoms with E-state index in [1.165, 1.54) is 11.1 Å². The van der Waals surface area contributed by atoms with Gasteiger partial charge >= 0.3 is 0 Å². The van der Waals surface area contributed by atoms with Crippen LogP contribution in [0.1, 0.15) is 18.2 Å². The van der Waals surface area contributed by atoms with Crippen molar-refractivity contribution in [1.82, 2.24) is 9.78 Å². The van der Waals surface area contributed by atoms with Gasteiger partial charge in [-0.3, -0.25) is 4.68 Å². The van der Waals surface area contributed by atoms with E-state index in [0.29, 0.717) is 5.75 Å². The van der Waals surface area contributed by atoms with Crippen LogP contribution in [0.2, 0.25) is 0 Å². The second-order valence-corrected chi connectivity index (χ2v) is 4.17. The molecule has 0 unspecified atom stereocenters. The van der Waals surface area contributed by atoms with E-state index in [1.54, 1.807) is 0 Å². The lowest BCUT2D eigenvalue weighted by atomic mass is 10.1. The molecule has 0 amide bonds. The number of aryl methyl sites for hydroxylation is 2. The van der Waals surface area contributed by atoms with Crippen molar-refractivity contribution in [2.24, 2.45) is 7.05 Å². The van der Waals surface area contributed by atoms with Crippen LogP contribution in [-0.2, 0) is 19.2 Å². The Labute approximate surface area is 102 Å². The second kappa shape index (κ2) is 4.74. The van der Waals surface area contributed by atoms with Crippen LogP contribution >= 0.6 is 12.6 Å². The van der Waals surface area contributed by atoms with Crippen LogP contribution in [0, 0.1) is 0 Å². The molecule has 16 heavy (non-hydrogen) atoms. The van der Waals surface area contributed by atoms with Gasteiger partial charge < -0.3 is 0 Å². The van der Waals surface area contributed by atoms with Crippen LogP contribution in [0.3, 0.4) is 0 Å². The molecule has 0 atom stereocenters. The van der Waals surface area contributed by atoms with Gasteiger partial charge in [0.05, 0.1) is 11.4 Å². The number of nitrogens with zero attached hydrogens (tertiary/aromatic N) is 2. The van der Waals surface area contributed by atoms with E-state index in [4.69, 9.17) is 0 Å². The van der Waals surface area contributed by atoms with E-state index in [1.807, 2.05) is 11.7 Å². The third-order valence-corrected chi connectivity index (χ3v) is 3.07. The summed E-state index contributed by atoms with van der Waals surface area (Å²) in [6, 6.07) is 10.7. The summed E-state index contributed by atoms with van der Waals surface area (Å²) in [6.45, 7) is 2.16. The van der Waals surface area contributed by atoms with E-state index >= 15 is 0 Å². The van der Waals surface area contributed by atoms with E-state index in [0.717, 1.165) is 17.8 Å². The third-order valence-electron chi connectivity index (χ3n) is 2.75. The minimum absolute atomic E-state index is 0.681. The molecule has 0 radical (unpaired) electrons. The first-order chi connectivity index (χ1) is 7.74. The van der Waals surface area contributed by atoms with E-state index in [9.17, 15) is 0 Å². The Kier molecular flexibility index (Phi) is 3.34. The first-order valence-electron chi connectivity index (χ1n) is 5.47. The van der Waals surface area contributed by atoms with Gasteiger partial charge in [-0.15, -0.1) is 0 Å². The summed E-state index contributed by atoms with van der Waals surface area (Å²) in [7, 11) is 1.97. The molecular weight excluding hydrogens is 216 g/mol. The molecule has 0 N–H and O–H groups in total. The Morgan fingerprint density at radius 2 is 1.94 bits per heavy atom. The molecule has 3 heteroatoms. The molecule has 2 nitrogen and oxygen atoms in total. The molecule has 2 rings (SSSR count). The average Bonchev–Trinajstić information content (AvgIpc) is 2.71. The first kappa shape index (κ1) is 11.3. The highest BCUT2D eigenvalue weighted by Gasteiger charge is 2.05. The molecule has 0 saturated heterocycles. The molecule has 0 spiro atoms. The molecule has 0 aliphatic rings. The summed E-state index contributed by atoms with van der Waals surface area (Å²) in [5, 5.41) is 4.39. The lowest BCUT2D eigenvalue weighted by molar-refractivity contribution is 0.762. The smallest absolute Gasteiger partial charge is 0.0727 e. The number of hydrogen-bond acceptors (Lipinski definition) is 2. The maximum absolute atomic E-state index is 4.39. The fraction of sp³-hybridized carbons (Fsp3) is 0.308. The van der Waals surface area contributed by atoms with Crippen LogP contribution in [0.5, 0.6) is 0 Å². The van der Waals surface area contributed by atoms with E-state index in [-0.39, 0.29) is 0 Å². The quantitative estimate of drug-likeness (QED) is 0.805. The van der Waals surface area contributed by atoms with E-state index < -0.39 is 0 Å². The van der Waals surface area contributed by atoms with Crippen LogP contribution < -0.4 is 0 Å². The zero-order valence-electron chi connectivity index (χ0n) is 9.64. The van der Waals surface area contributed by atoms with Crippen molar-refractivity contribution in [3.05, 3.63) is 41.6 Å². The molecule has 1 aromatic carbocycles. The van der Waals surface area contributed by atoms with Gasteiger partial charge in [0.25, 0.3) is 0 Å². The van der Waals surface area contributed by atoms with Crippen molar-refractivity contribution in [1.29, 1.82) is 0 Å².